The number of hydrogen-bond acceptors (Lipinski definition) is 4. The van der Waals surface area contributed by atoms with Gasteiger partial charge in [0.05, 0.1) is 0 Å². The molecule has 0 aromatic rings. The van der Waals surface area contributed by atoms with Crippen LogP contribution in [0, 0.1) is 0 Å². The zero-order valence-electron chi connectivity index (χ0n) is 11.1. The topological polar surface area (TPSA) is 95.7 Å². The predicted octanol–water partition coefficient (Wildman–Crippen LogP) is -0.196. The molecule has 0 spiro atoms. The number of hydrogen-bond donors (Lipinski definition) is 3. The summed E-state index contributed by atoms with van der Waals surface area (Å²) in [5.41, 5.74) is 5.44. The second-order valence-corrected chi connectivity index (χ2v) is 4.22. The first-order valence-corrected chi connectivity index (χ1v) is 6.05. The quantitative estimate of drug-likeness (QED) is 0.393. The van der Waals surface area contributed by atoms with Crippen molar-refractivity contribution in [1.29, 1.82) is 0 Å². The minimum atomic E-state index is -1.08. The van der Waals surface area contributed by atoms with Crippen LogP contribution in [0.15, 0.2) is 11.6 Å². The minimum absolute atomic E-state index is 0.0348. The van der Waals surface area contributed by atoms with Crippen molar-refractivity contribution in [3.63, 3.8) is 0 Å². The van der Waals surface area contributed by atoms with Crippen LogP contribution in [-0.4, -0.2) is 55.1 Å². The van der Waals surface area contributed by atoms with Gasteiger partial charge in [-0.3, -0.25) is 4.79 Å². The van der Waals surface area contributed by atoms with Crippen molar-refractivity contribution in [2.24, 2.45) is 5.73 Å². The third-order valence-electron chi connectivity index (χ3n) is 2.44. The van der Waals surface area contributed by atoms with E-state index in [2.05, 4.69) is 10.2 Å². The van der Waals surface area contributed by atoms with Gasteiger partial charge in [-0.25, -0.2) is 4.79 Å². The summed E-state index contributed by atoms with van der Waals surface area (Å²) in [6.45, 7) is 4.43. The first kappa shape index (κ1) is 16.6. The van der Waals surface area contributed by atoms with Gasteiger partial charge in [0.15, 0.2) is 0 Å². The smallest absolute Gasteiger partial charge is 0.331 e. The molecule has 0 unspecified atom stereocenters. The number of carbonyl (C=O) groups excluding carboxylic acids is 1. The molecule has 18 heavy (non-hydrogen) atoms. The van der Waals surface area contributed by atoms with Crippen LogP contribution in [-0.2, 0) is 9.59 Å². The van der Waals surface area contributed by atoms with Crippen molar-refractivity contribution in [2.45, 2.75) is 19.8 Å². The molecule has 0 rings (SSSR count). The molecule has 104 valence electrons. The van der Waals surface area contributed by atoms with Gasteiger partial charge in [-0.1, -0.05) is 0 Å². The second-order valence-electron chi connectivity index (χ2n) is 4.22. The molecule has 0 saturated heterocycles. The Kier molecular flexibility index (Phi) is 8.86. The van der Waals surface area contributed by atoms with Crippen molar-refractivity contribution < 1.29 is 14.7 Å². The molecule has 0 saturated carbocycles. The van der Waals surface area contributed by atoms with E-state index in [1.54, 1.807) is 0 Å². The molecule has 0 heterocycles. The molecule has 6 nitrogen and oxygen atoms in total. The third-order valence-corrected chi connectivity index (χ3v) is 2.44. The van der Waals surface area contributed by atoms with E-state index in [-0.39, 0.29) is 11.5 Å². The Labute approximate surface area is 108 Å². The number of nitrogens with one attached hydrogen (secondary N) is 1. The number of nitrogens with zero attached hydrogens (tertiary/aromatic N) is 1. The highest BCUT2D eigenvalue weighted by Gasteiger charge is 2.03. The maximum Gasteiger partial charge on any atom is 0.331 e. The average molecular weight is 257 g/mol. The number of rotatable bonds is 9. The van der Waals surface area contributed by atoms with Crippen LogP contribution in [0.25, 0.3) is 0 Å². The fraction of sp³-hybridized carbons (Fsp3) is 0.667. The predicted molar refractivity (Wildman–Crippen MR) is 70.2 cm³/mol. The van der Waals surface area contributed by atoms with Crippen LogP contribution >= 0.6 is 0 Å². The summed E-state index contributed by atoms with van der Waals surface area (Å²) in [5.74, 6) is -1.44. The number of carbonyl (C=O) groups is 2. The summed E-state index contributed by atoms with van der Waals surface area (Å²) in [6.07, 6.45) is 2.89. The molecular weight excluding hydrogens is 234 g/mol. The summed E-state index contributed by atoms with van der Waals surface area (Å²) in [7, 11) is 2.01. The van der Waals surface area contributed by atoms with Gasteiger partial charge in [0.2, 0.25) is 5.91 Å². The van der Waals surface area contributed by atoms with Crippen LogP contribution in [0.2, 0.25) is 0 Å². The number of nitrogens with two attached hydrogens (primary N) is 1. The molecule has 0 aliphatic heterocycles. The lowest BCUT2D eigenvalue weighted by atomic mass is 10.3. The van der Waals surface area contributed by atoms with Gasteiger partial charge in [-0.15, -0.1) is 0 Å². The monoisotopic (exact) mass is 257 g/mol. The van der Waals surface area contributed by atoms with Gasteiger partial charge in [0.1, 0.15) is 0 Å². The summed E-state index contributed by atoms with van der Waals surface area (Å²) in [6, 6.07) is 0. The molecule has 6 heteroatoms. The van der Waals surface area contributed by atoms with Gasteiger partial charge in [0.25, 0.3) is 0 Å². The first-order chi connectivity index (χ1) is 8.47. The maximum atomic E-state index is 11.3. The first-order valence-electron chi connectivity index (χ1n) is 6.05. The fourth-order valence-electron chi connectivity index (χ4n) is 1.34. The third kappa shape index (κ3) is 8.72. The van der Waals surface area contributed by atoms with Crippen LogP contribution in [0.5, 0.6) is 0 Å². The molecule has 0 bridgehead atoms. The lowest BCUT2D eigenvalue weighted by Crippen LogP contribution is -2.28. The Morgan fingerprint density at radius 3 is 2.50 bits per heavy atom. The molecule has 0 aliphatic rings. The molecule has 0 radical (unpaired) electrons. The molecule has 0 aromatic carbocycles. The van der Waals surface area contributed by atoms with Crippen molar-refractivity contribution >= 4 is 11.9 Å². The summed E-state index contributed by atoms with van der Waals surface area (Å²) in [5, 5.41) is 11.2. The van der Waals surface area contributed by atoms with E-state index in [9.17, 15) is 9.59 Å². The highest BCUT2D eigenvalue weighted by atomic mass is 16.4. The standard InChI is InChI=1S/C12H23N3O3/c1-10(12(17)18)9-11(16)14-6-4-8-15(2)7-3-5-13/h9H,3-8,13H2,1-2H3,(H,14,16)(H,17,18)/b10-9+. The average Bonchev–Trinajstić information content (AvgIpc) is 2.31. The Hall–Kier alpha value is -1.40. The SMILES string of the molecule is C/C(=C\C(=O)NCCCN(C)CCCN)C(=O)O. The minimum Gasteiger partial charge on any atom is -0.478 e. The van der Waals surface area contributed by atoms with E-state index in [1.807, 2.05) is 7.05 Å². The summed E-state index contributed by atoms with van der Waals surface area (Å²) >= 11 is 0. The van der Waals surface area contributed by atoms with Gasteiger partial charge in [0, 0.05) is 18.2 Å². The molecule has 0 fully saturated rings. The summed E-state index contributed by atoms with van der Waals surface area (Å²) in [4.78, 5) is 23.9. The highest BCUT2D eigenvalue weighted by molar-refractivity contribution is 5.97. The van der Waals surface area contributed by atoms with E-state index >= 15 is 0 Å². The number of amides is 1. The van der Waals surface area contributed by atoms with Crippen molar-refractivity contribution in [2.75, 3.05) is 33.2 Å². The number of carboxylic acid groups (broad SMARTS) is 1. The molecule has 4 N–H and O–H groups in total. The second kappa shape index (κ2) is 9.61. The Bertz CT molecular complexity index is 303. The molecule has 1 amide bonds. The number of carboxylic acids is 1. The number of aliphatic carboxylic acids is 1. The van der Waals surface area contributed by atoms with Crippen LogP contribution in [0.3, 0.4) is 0 Å². The zero-order valence-corrected chi connectivity index (χ0v) is 11.1. The Morgan fingerprint density at radius 1 is 1.33 bits per heavy atom. The molecule has 0 aromatic heterocycles. The molecular formula is C12H23N3O3. The van der Waals surface area contributed by atoms with Crippen LogP contribution in [0.4, 0.5) is 0 Å². The van der Waals surface area contributed by atoms with Gasteiger partial charge in [-0.05, 0) is 46.4 Å². The zero-order chi connectivity index (χ0) is 14.0. The normalized spacial score (nSPS) is 11.7. The van der Waals surface area contributed by atoms with E-state index < -0.39 is 5.97 Å². The van der Waals surface area contributed by atoms with Crippen molar-refractivity contribution in [3.8, 4) is 0 Å². The Morgan fingerprint density at radius 2 is 1.94 bits per heavy atom. The van der Waals surface area contributed by atoms with Crippen LogP contribution < -0.4 is 11.1 Å². The molecule has 0 aliphatic carbocycles. The van der Waals surface area contributed by atoms with Crippen molar-refractivity contribution in [1.82, 2.24) is 10.2 Å². The van der Waals surface area contributed by atoms with Gasteiger partial charge < -0.3 is 21.1 Å². The van der Waals surface area contributed by atoms with Crippen molar-refractivity contribution in [3.05, 3.63) is 11.6 Å². The highest BCUT2D eigenvalue weighted by Crippen LogP contribution is 1.92. The lowest BCUT2D eigenvalue weighted by Gasteiger charge is -2.15. The van der Waals surface area contributed by atoms with E-state index in [1.165, 1.54) is 6.92 Å². The van der Waals surface area contributed by atoms with Crippen LogP contribution in [0.1, 0.15) is 19.8 Å². The largest absolute Gasteiger partial charge is 0.478 e. The van der Waals surface area contributed by atoms with E-state index in [0.717, 1.165) is 32.0 Å². The maximum absolute atomic E-state index is 11.3. The van der Waals surface area contributed by atoms with E-state index in [0.29, 0.717) is 13.1 Å². The lowest BCUT2D eigenvalue weighted by molar-refractivity contribution is -0.133. The Balaban J connectivity index is 3.69. The van der Waals surface area contributed by atoms with Gasteiger partial charge in [-0.2, -0.15) is 0 Å². The molecule has 0 atom stereocenters. The fourth-order valence-corrected chi connectivity index (χ4v) is 1.34. The van der Waals surface area contributed by atoms with Gasteiger partial charge >= 0.3 is 5.97 Å². The van der Waals surface area contributed by atoms with E-state index in [4.69, 9.17) is 10.8 Å². The summed E-state index contributed by atoms with van der Waals surface area (Å²) < 4.78 is 0.